The summed E-state index contributed by atoms with van der Waals surface area (Å²) in [4.78, 5) is 83.2. The summed E-state index contributed by atoms with van der Waals surface area (Å²) in [5.41, 5.74) is 13.7. The van der Waals surface area contributed by atoms with E-state index in [1.165, 1.54) is 4.90 Å². The first-order valence-electron chi connectivity index (χ1n) is 19.4. The van der Waals surface area contributed by atoms with Crippen molar-refractivity contribution in [2.75, 3.05) is 26.2 Å². The van der Waals surface area contributed by atoms with E-state index in [9.17, 15) is 28.8 Å². The molecule has 54 heavy (non-hydrogen) atoms. The molecule has 0 aromatic heterocycles. The number of hydrogen-bond donors (Lipinski definition) is 2. The van der Waals surface area contributed by atoms with E-state index in [2.05, 4.69) is 0 Å². The highest BCUT2D eigenvalue weighted by Crippen LogP contribution is 2.29. The van der Waals surface area contributed by atoms with Gasteiger partial charge in [0.2, 0.25) is 23.6 Å². The van der Waals surface area contributed by atoms with Crippen molar-refractivity contribution in [1.82, 2.24) is 14.7 Å². The topological polar surface area (TPSA) is 183 Å². The van der Waals surface area contributed by atoms with Gasteiger partial charge in [-0.05, 0) is 62.0 Å². The van der Waals surface area contributed by atoms with Gasteiger partial charge < -0.3 is 30.7 Å². The molecule has 1 aliphatic heterocycles. The lowest BCUT2D eigenvalue weighted by Crippen LogP contribution is -2.58. The summed E-state index contributed by atoms with van der Waals surface area (Å²) in [6.45, 7) is 2.89. The van der Waals surface area contributed by atoms with Crippen LogP contribution in [-0.2, 0) is 46.7 Å². The fraction of sp³-hybridized carbons (Fsp3) is 0.561. The standard InChI is InChI=1S/C41H57N5O8/c1-2-44(36(47)20-12-19-30-21-23-45(24-22-30)41(52)54-29-33-17-10-5-11-18-33)27-37(48)46(35(39(43)50)25-31-13-6-3-7-14-31)40(51)34(42)26-38(49)53-28-32-15-8-4-9-16-32/h4-5,8-11,15-18,30-31,34-35H,2-3,6-7,12-14,19-29,42H2,1H3,(H2,43,50)/t34-,35-/m0/s1. The predicted octanol–water partition coefficient (Wildman–Crippen LogP) is 4.69. The highest BCUT2D eigenvalue weighted by atomic mass is 16.6. The second-order valence-electron chi connectivity index (χ2n) is 14.5. The molecule has 4 N–H and O–H groups in total. The van der Waals surface area contributed by atoms with Crippen LogP contribution in [0.1, 0.15) is 95.1 Å². The number of rotatable bonds is 18. The number of nitrogens with two attached hydrogens (primary N) is 2. The van der Waals surface area contributed by atoms with Gasteiger partial charge in [0.25, 0.3) is 0 Å². The summed E-state index contributed by atoms with van der Waals surface area (Å²) in [6, 6.07) is 15.8. The maximum atomic E-state index is 14.0. The van der Waals surface area contributed by atoms with Crippen LogP contribution in [0.25, 0.3) is 0 Å². The molecule has 2 aromatic rings. The Morgan fingerprint density at radius 1 is 0.796 bits per heavy atom. The number of piperidine rings is 1. The number of benzene rings is 2. The van der Waals surface area contributed by atoms with E-state index in [0.717, 1.165) is 67.4 Å². The Morgan fingerprint density at radius 2 is 1.39 bits per heavy atom. The molecule has 294 valence electrons. The first-order chi connectivity index (χ1) is 26.0. The quantitative estimate of drug-likeness (QED) is 0.204. The molecule has 1 saturated carbocycles. The van der Waals surface area contributed by atoms with E-state index < -0.39 is 48.7 Å². The van der Waals surface area contributed by atoms with Crippen LogP contribution < -0.4 is 11.5 Å². The highest BCUT2D eigenvalue weighted by Gasteiger charge is 2.39. The fourth-order valence-corrected chi connectivity index (χ4v) is 7.31. The maximum absolute atomic E-state index is 14.0. The van der Waals surface area contributed by atoms with Crippen LogP contribution in [0.5, 0.6) is 0 Å². The lowest BCUT2D eigenvalue weighted by molar-refractivity contribution is -0.157. The molecular weight excluding hydrogens is 690 g/mol. The Hall–Kier alpha value is -4.78. The minimum Gasteiger partial charge on any atom is -0.461 e. The normalized spacial score (nSPS) is 16.1. The number of amides is 5. The molecule has 4 rings (SSSR count). The zero-order chi connectivity index (χ0) is 38.9. The van der Waals surface area contributed by atoms with Crippen LogP contribution in [0.15, 0.2) is 60.7 Å². The number of carbonyl (C=O) groups is 6. The zero-order valence-corrected chi connectivity index (χ0v) is 31.6. The number of nitrogens with zero attached hydrogens (tertiary/aromatic N) is 3. The Balaban J connectivity index is 1.31. The SMILES string of the molecule is CCN(CC(=O)N(C(=O)[C@@H](N)CC(=O)OCc1ccccc1)[C@@H](CC1CCCCC1)C(N)=O)C(=O)CCCC1CCN(C(=O)OCc2ccccc2)CC1. The number of imide groups is 1. The van der Waals surface area contributed by atoms with E-state index in [4.69, 9.17) is 20.9 Å². The van der Waals surface area contributed by atoms with Gasteiger partial charge in [-0.1, -0.05) is 92.8 Å². The van der Waals surface area contributed by atoms with Crippen molar-refractivity contribution >= 4 is 35.7 Å². The van der Waals surface area contributed by atoms with Gasteiger partial charge in [0, 0.05) is 26.1 Å². The van der Waals surface area contributed by atoms with Crippen LogP contribution >= 0.6 is 0 Å². The number of likely N-dealkylation sites (tertiary alicyclic amines) is 1. The van der Waals surface area contributed by atoms with Crippen LogP contribution in [0.2, 0.25) is 0 Å². The zero-order valence-electron chi connectivity index (χ0n) is 31.6. The van der Waals surface area contributed by atoms with E-state index in [1.807, 2.05) is 48.5 Å². The third kappa shape index (κ3) is 13.3. The third-order valence-corrected chi connectivity index (χ3v) is 10.5. The van der Waals surface area contributed by atoms with Gasteiger partial charge in [0.1, 0.15) is 25.8 Å². The lowest BCUT2D eigenvalue weighted by atomic mass is 9.84. The molecule has 1 aliphatic carbocycles. The number of esters is 1. The van der Waals surface area contributed by atoms with Gasteiger partial charge in [-0.15, -0.1) is 0 Å². The maximum Gasteiger partial charge on any atom is 0.410 e. The molecule has 1 heterocycles. The number of hydrogen-bond acceptors (Lipinski definition) is 9. The number of primary amides is 1. The molecule has 2 atom stereocenters. The second-order valence-corrected chi connectivity index (χ2v) is 14.5. The minimum absolute atomic E-state index is 0.00852. The van der Waals surface area contributed by atoms with Crippen LogP contribution in [0.3, 0.4) is 0 Å². The molecule has 2 aliphatic rings. The van der Waals surface area contributed by atoms with Crippen molar-refractivity contribution in [2.24, 2.45) is 23.3 Å². The summed E-state index contributed by atoms with van der Waals surface area (Å²) < 4.78 is 10.8. The summed E-state index contributed by atoms with van der Waals surface area (Å²) in [6.07, 6.45) is 7.26. The molecule has 2 fully saturated rings. The smallest absolute Gasteiger partial charge is 0.410 e. The molecule has 0 bridgehead atoms. The van der Waals surface area contributed by atoms with E-state index in [0.29, 0.717) is 25.4 Å². The lowest BCUT2D eigenvalue weighted by Gasteiger charge is -2.34. The molecule has 0 spiro atoms. The van der Waals surface area contributed by atoms with Gasteiger partial charge in [-0.3, -0.25) is 28.9 Å². The van der Waals surface area contributed by atoms with Crippen molar-refractivity contribution in [1.29, 1.82) is 0 Å². The van der Waals surface area contributed by atoms with Gasteiger partial charge in [0.05, 0.1) is 12.5 Å². The molecule has 5 amide bonds. The second kappa shape index (κ2) is 21.8. The van der Waals surface area contributed by atoms with Gasteiger partial charge >= 0.3 is 12.1 Å². The third-order valence-electron chi connectivity index (χ3n) is 10.5. The van der Waals surface area contributed by atoms with E-state index in [-0.39, 0.29) is 50.5 Å². The Labute approximate surface area is 318 Å². The first-order valence-corrected chi connectivity index (χ1v) is 19.4. The van der Waals surface area contributed by atoms with Gasteiger partial charge in [-0.2, -0.15) is 0 Å². The number of ether oxygens (including phenoxy) is 2. The fourth-order valence-electron chi connectivity index (χ4n) is 7.31. The number of likely N-dealkylation sites (N-methyl/N-ethyl adjacent to an activating group) is 1. The van der Waals surface area contributed by atoms with Crippen molar-refractivity contribution in [3.05, 3.63) is 71.8 Å². The molecule has 2 aromatic carbocycles. The van der Waals surface area contributed by atoms with Crippen molar-refractivity contribution in [3.63, 3.8) is 0 Å². The average Bonchev–Trinajstić information content (AvgIpc) is 3.19. The number of carbonyl (C=O) groups excluding carboxylic acids is 6. The first kappa shape index (κ1) is 42.0. The van der Waals surface area contributed by atoms with Crippen LogP contribution in [0, 0.1) is 11.8 Å². The van der Waals surface area contributed by atoms with E-state index in [1.54, 1.807) is 24.0 Å². The Bertz CT molecular complexity index is 1530. The van der Waals surface area contributed by atoms with Crippen LogP contribution in [0.4, 0.5) is 4.79 Å². The summed E-state index contributed by atoms with van der Waals surface area (Å²) in [5, 5.41) is 0. The van der Waals surface area contributed by atoms with E-state index >= 15 is 0 Å². The molecule has 1 saturated heterocycles. The molecular formula is C41H57N5O8. The Kier molecular flexibility index (Phi) is 16.9. The van der Waals surface area contributed by atoms with Crippen molar-refractivity contribution in [3.8, 4) is 0 Å². The summed E-state index contributed by atoms with van der Waals surface area (Å²) >= 11 is 0. The average molecular weight is 748 g/mol. The monoisotopic (exact) mass is 747 g/mol. The van der Waals surface area contributed by atoms with Crippen molar-refractivity contribution < 1.29 is 38.2 Å². The summed E-state index contributed by atoms with van der Waals surface area (Å²) in [5.74, 6) is -3.07. The minimum atomic E-state index is -1.46. The van der Waals surface area contributed by atoms with Gasteiger partial charge in [0.15, 0.2) is 0 Å². The van der Waals surface area contributed by atoms with Gasteiger partial charge in [-0.25, -0.2) is 4.79 Å². The van der Waals surface area contributed by atoms with Crippen LogP contribution in [-0.4, -0.2) is 88.7 Å². The van der Waals surface area contributed by atoms with Crippen molar-refractivity contribution in [2.45, 2.75) is 109 Å². The summed E-state index contributed by atoms with van der Waals surface area (Å²) in [7, 11) is 0. The predicted molar refractivity (Wildman–Crippen MR) is 202 cm³/mol. The molecule has 0 unspecified atom stereocenters. The molecule has 0 radical (unpaired) electrons. The largest absolute Gasteiger partial charge is 0.461 e. The molecule has 13 nitrogen and oxygen atoms in total. The highest BCUT2D eigenvalue weighted by molar-refractivity contribution is 6.04. The Morgan fingerprint density at radius 3 is 1.96 bits per heavy atom. The molecule has 13 heteroatoms.